The Morgan fingerprint density at radius 3 is 2.84 bits per heavy atom. The molecule has 9 heteroatoms. The number of hydrogen-bond donors (Lipinski definition) is 3. The number of aliphatic hydroxyl groups excluding tert-OH is 1. The highest BCUT2D eigenvalue weighted by Gasteiger charge is 2.41. The Kier molecular flexibility index (Phi) is 2.75. The number of rotatable bonds is 5. The van der Waals surface area contributed by atoms with Gasteiger partial charge in [0.2, 0.25) is 11.9 Å². The van der Waals surface area contributed by atoms with E-state index in [9.17, 15) is 5.11 Å². The number of nitrogen functional groups attached to an aromatic ring is 1. The van der Waals surface area contributed by atoms with Gasteiger partial charge in [0.25, 0.3) is 5.95 Å². The van der Waals surface area contributed by atoms with E-state index in [1.165, 1.54) is 17.3 Å². The first-order valence-electron chi connectivity index (χ1n) is 5.92. The Morgan fingerprint density at radius 1 is 1.37 bits per heavy atom. The van der Waals surface area contributed by atoms with E-state index in [2.05, 4.69) is 30.4 Å². The highest BCUT2D eigenvalue weighted by molar-refractivity contribution is 5.35. The van der Waals surface area contributed by atoms with Crippen LogP contribution in [-0.2, 0) is 0 Å². The molecule has 0 radical (unpaired) electrons. The van der Waals surface area contributed by atoms with Gasteiger partial charge in [-0.15, -0.1) is 0 Å². The van der Waals surface area contributed by atoms with Gasteiger partial charge in [0.15, 0.2) is 0 Å². The molecule has 9 nitrogen and oxygen atoms in total. The van der Waals surface area contributed by atoms with Gasteiger partial charge in [-0.2, -0.15) is 24.7 Å². The van der Waals surface area contributed by atoms with Crippen molar-refractivity contribution in [2.75, 3.05) is 24.2 Å². The van der Waals surface area contributed by atoms with Crippen molar-refractivity contribution >= 4 is 11.9 Å². The van der Waals surface area contributed by atoms with E-state index in [0.29, 0.717) is 18.4 Å². The first-order chi connectivity index (χ1) is 9.21. The lowest BCUT2D eigenvalue weighted by Crippen LogP contribution is -2.21. The minimum atomic E-state index is -0.0329. The maximum Gasteiger partial charge on any atom is 0.258 e. The van der Waals surface area contributed by atoms with E-state index >= 15 is 0 Å². The second kappa shape index (κ2) is 4.43. The molecule has 1 aliphatic carbocycles. The third kappa shape index (κ3) is 2.45. The fourth-order valence-electron chi connectivity index (χ4n) is 1.71. The molecule has 0 bridgehead atoms. The molecule has 2 aromatic rings. The van der Waals surface area contributed by atoms with Crippen LogP contribution in [0.2, 0.25) is 0 Å². The molecular weight excluding hydrogens is 248 g/mol. The monoisotopic (exact) mass is 262 g/mol. The Balaban J connectivity index is 1.78. The Hall–Kier alpha value is -2.29. The molecule has 0 saturated heterocycles. The summed E-state index contributed by atoms with van der Waals surface area (Å²) in [5, 5.41) is 16.3. The van der Waals surface area contributed by atoms with Crippen molar-refractivity contribution in [2.45, 2.75) is 12.8 Å². The summed E-state index contributed by atoms with van der Waals surface area (Å²) in [5.74, 6) is 0.788. The van der Waals surface area contributed by atoms with Crippen molar-refractivity contribution in [3.63, 3.8) is 0 Å². The van der Waals surface area contributed by atoms with Gasteiger partial charge in [-0.1, -0.05) is 0 Å². The zero-order valence-corrected chi connectivity index (χ0v) is 10.2. The molecule has 2 heterocycles. The van der Waals surface area contributed by atoms with E-state index in [4.69, 9.17) is 5.73 Å². The average Bonchev–Trinajstić information content (AvgIpc) is 2.98. The summed E-state index contributed by atoms with van der Waals surface area (Å²) >= 11 is 0. The molecule has 0 spiro atoms. The summed E-state index contributed by atoms with van der Waals surface area (Å²) in [4.78, 5) is 16.0. The van der Waals surface area contributed by atoms with Crippen molar-refractivity contribution in [3.8, 4) is 5.95 Å². The molecule has 100 valence electrons. The lowest BCUT2D eigenvalue weighted by Gasteiger charge is -2.12. The van der Waals surface area contributed by atoms with Crippen LogP contribution in [0, 0.1) is 5.41 Å². The topological polar surface area (TPSA) is 128 Å². The number of nitrogens with two attached hydrogens (primary N) is 1. The van der Waals surface area contributed by atoms with Gasteiger partial charge in [0.05, 0.1) is 6.61 Å². The number of nitrogens with zero attached hydrogens (tertiary/aromatic N) is 6. The first-order valence-corrected chi connectivity index (χ1v) is 5.92. The molecule has 1 saturated carbocycles. The molecule has 0 amide bonds. The quantitative estimate of drug-likeness (QED) is 0.640. The SMILES string of the molecule is Nc1nc(NCC2(CO)CC2)nc(-n2cncn2)n1. The summed E-state index contributed by atoms with van der Waals surface area (Å²) in [7, 11) is 0. The smallest absolute Gasteiger partial charge is 0.258 e. The molecule has 0 unspecified atom stereocenters. The summed E-state index contributed by atoms with van der Waals surface area (Å²) in [6, 6.07) is 0. The number of aromatic nitrogens is 6. The third-order valence-corrected chi connectivity index (χ3v) is 3.18. The van der Waals surface area contributed by atoms with Gasteiger partial charge >= 0.3 is 0 Å². The van der Waals surface area contributed by atoms with E-state index in [0.717, 1.165) is 12.8 Å². The van der Waals surface area contributed by atoms with Gasteiger partial charge in [0, 0.05) is 12.0 Å². The first kappa shape index (κ1) is 11.8. The predicted molar refractivity (Wildman–Crippen MR) is 66.4 cm³/mol. The van der Waals surface area contributed by atoms with Crippen LogP contribution in [0.15, 0.2) is 12.7 Å². The minimum Gasteiger partial charge on any atom is -0.396 e. The molecule has 0 aliphatic heterocycles. The van der Waals surface area contributed by atoms with Crippen LogP contribution in [-0.4, -0.2) is 48.0 Å². The largest absolute Gasteiger partial charge is 0.396 e. The van der Waals surface area contributed by atoms with Gasteiger partial charge in [-0.25, -0.2) is 4.98 Å². The maximum absolute atomic E-state index is 9.25. The third-order valence-electron chi connectivity index (χ3n) is 3.18. The van der Waals surface area contributed by atoms with Gasteiger partial charge in [-0.3, -0.25) is 0 Å². The number of hydrogen-bond acceptors (Lipinski definition) is 8. The van der Waals surface area contributed by atoms with E-state index in [1.54, 1.807) is 0 Å². The molecule has 0 aromatic carbocycles. The van der Waals surface area contributed by atoms with Gasteiger partial charge in [0.1, 0.15) is 12.7 Å². The second-order valence-electron chi connectivity index (χ2n) is 4.67. The fraction of sp³-hybridized carbons (Fsp3) is 0.500. The molecule has 1 fully saturated rings. The van der Waals surface area contributed by atoms with Gasteiger partial charge < -0.3 is 16.2 Å². The standard InChI is InChI=1S/C10H14N8O/c11-7-15-8(13-3-10(4-19)1-2-10)17-9(16-7)18-6-12-5-14-18/h5-6,19H,1-4H2,(H3,11,13,15,16,17). The highest BCUT2D eigenvalue weighted by atomic mass is 16.3. The summed E-state index contributed by atoms with van der Waals surface area (Å²) < 4.78 is 1.40. The van der Waals surface area contributed by atoms with Crippen LogP contribution in [0.3, 0.4) is 0 Å². The maximum atomic E-state index is 9.25. The van der Waals surface area contributed by atoms with Crippen molar-refractivity contribution in [2.24, 2.45) is 5.41 Å². The molecular formula is C10H14N8O. The van der Waals surface area contributed by atoms with Crippen molar-refractivity contribution in [1.82, 2.24) is 29.7 Å². The van der Waals surface area contributed by atoms with Gasteiger partial charge in [-0.05, 0) is 12.8 Å². The normalized spacial score (nSPS) is 16.3. The predicted octanol–water partition coefficient (Wildman–Crippen LogP) is -0.781. The molecule has 4 N–H and O–H groups in total. The zero-order valence-electron chi connectivity index (χ0n) is 10.2. The van der Waals surface area contributed by atoms with Crippen molar-refractivity contribution in [3.05, 3.63) is 12.7 Å². The summed E-state index contributed by atoms with van der Waals surface area (Å²) in [6.45, 7) is 0.778. The molecule has 19 heavy (non-hydrogen) atoms. The van der Waals surface area contributed by atoms with Crippen LogP contribution in [0.5, 0.6) is 0 Å². The minimum absolute atomic E-state index is 0.0329. The van der Waals surface area contributed by atoms with Crippen molar-refractivity contribution in [1.29, 1.82) is 0 Å². The fourth-order valence-corrected chi connectivity index (χ4v) is 1.71. The zero-order chi connectivity index (χ0) is 13.3. The van der Waals surface area contributed by atoms with E-state index in [1.807, 2.05) is 0 Å². The molecule has 2 aromatic heterocycles. The lowest BCUT2D eigenvalue weighted by molar-refractivity contribution is 0.219. The van der Waals surface area contributed by atoms with Crippen molar-refractivity contribution < 1.29 is 5.11 Å². The molecule has 1 aliphatic rings. The summed E-state index contributed by atoms with van der Waals surface area (Å²) in [6.07, 6.45) is 4.88. The molecule has 0 atom stereocenters. The van der Waals surface area contributed by atoms with Crippen LogP contribution in [0.25, 0.3) is 5.95 Å². The lowest BCUT2D eigenvalue weighted by atomic mass is 10.1. The van der Waals surface area contributed by atoms with Crippen LogP contribution in [0.4, 0.5) is 11.9 Å². The second-order valence-corrected chi connectivity index (χ2v) is 4.67. The Morgan fingerprint density at radius 2 is 2.21 bits per heavy atom. The van der Waals surface area contributed by atoms with E-state index < -0.39 is 0 Å². The Bertz CT molecular complexity index is 565. The number of nitrogens with one attached hydrogen (secondary N) is 1. The number of anilines is 2. The average molecular weight is 262 g/mol. The van der Waals surface area contributed by atoms with E-state index in [-0.39, 0.29) is 18.0 Å². The van der Waals surface area contributed by atoms with Crippen LogP contribution in [0.1, 0.15) is 12.8 Å². The Labute approximate surface area is 108 Å². The molecule has 3 rings (SSSR count). The summed E-state index contributed by atoms with van der Waals surface area (Å²) in [5.41, 5.74) is 5.61. The van der Waals surface area contributed by atoms with Crippen LogP contribution >= 0.6 is 0 Å². The highest BCUT2D eigenvalue weighted by Crippen LogP contribution is 2.44. The van der Waals surface area contributed by atoms with Crippen LogP contribution < -0.4 is 11.1 Å². The number of aliphatic hydroxyl groups is 1.